The highest BCUT2D eigenvalue weighted by atomic mass is 16.6. The minimum absolute atomic E-state index is 0.297. The Bertz CT molecular complexity index is 492. The number of carbonyl (C=O) groups excluding carboxylic acids is 1. The third kappa shape index (κ3) is 1.75. The molecular weight excluding hydrogens is 228 g/mol. The summed E-state index contributed by atoms with van der Waals surface area (Å²) in [5.41, 5.74) is -0.0229. The maximum absolute atomic E-state index is 11.9. The molecule has 1 fully saturated rings. The van der Waals surface area contributed by atoms with Crippen molar-refractivity contribution in [2.24, 2.45) is 5.92 Å². The number of hydrogen-bond acceptors (Lipinski definition) is 3. The zero-order valence-corrected chi connectivity index (χ0v) is 10.1. The van der Waals surface area contributed by atoms with Gasteiger partial charge in [0.15, 0.2) is 0 Å². The van der Waals surface area contributed by atoms with Crippen molar-refractivity contribution in [1.82, 2.24) is 0 Å². The lowest BCUT2D eigenvalue weighted by molar-refractivity contribution is -0.140. The average Bonchev–Trinajstić information content (AvgIpc) is 2.63. The second-order valence-electron chi connectivity index (χ2n) is 5.05. The Morgan fingerprint density at radius 3 is 2.89 bits per heavy atom. The molecule has 1 aromatic carbocycles. The molecule has 1 aromatic rings. The van der Waals surface area contributed by atoms with Crippen LogP contribution in [0, 0.1) is 5.92 Å². The number of ether oxygens (including phenoxy) is 1. The first-order valence-corrected chi connectivity index (χ1v) is 6.39. The van der Waals surface area contributed by atoms with Gasteiger partial charge in [0.05, 0.1) is 5.92 Å². The normalized spacial score (nSPS) is 30.6. The molecule has 2 aliphatic rings. The highest BCUT2D eigenvalue weighted by Gasteiger charge is 2.53. The largest absolute Gasteiger partial charge is 0.428 e. The van der Waals surface area contributed by atoms with Crippen molar-refractivity contribution < 1.29 is 14.6 Å². The molecule has 18 heavy (non-hydrogen) atoms. The standard InChI is InChI=1S/C15H16O3/c16-14-12(10-11-6-2-1-3-7-11)15(17)9-5-4-8-13(15)18-14/h1-3,6-8,12,17H,4-5,9-10H2. The Balaban J connectivity index is 1.89. The zero-order chi connectivity index (χ0) is 12.6. The van der Waals surface area contributed by atoms with Gasteiger partial charge in [-0.05, 0) is 37.3 Å². The molecule has 1 N–H and O–H groups in total. The molecule has 0 bridgehead atoms. The molecule has 94 valence electrons. The first kappa shape index (κ1) is 11.5. The van der Waals surface area contributed by atoms with Crippen LogP contribution in [-0.4, -0.2) is 16.7 Å². The molecule has 0 radical (unpaired) electrons. The van der Waals surface area contributed by atoms with Gasteiger partial charge < -0.3 is 9.84 Å². The summed E-state index contributed by atoms with van der Waals surface area (Å²) in [5.74, 6) is -0.291. The van der Waals surface area contributed by atoms with E-state index < -0.39 is 11.5 Å². The Hall–Kier alpha value is -1.61. The number of carbonyl (C=O) groups is 1. The SMILES string of the molecule is O=C1OC2=CCCCC2(O)C1Cc1ccccc1. The molecule has 1 aliphatic heterocycles. The van der Waals surface area contributed by atoms with Crippen LogP contribution in [0.2, 0.25) is 0 Å². The van der Waals surface area contributed by atoms with Crippen molar-refractivity contribution in [2.75, 3.05) is 0 Å². The summed E-state index contributed by atoms with van der Waals surface area (Å²) in [5, 5.41) is 10.7. The van der Waals surface area contributed by atoms with Gasteiger partial charge in [0.2, 0.25) is 0 Å². The van der Waals surface area contributed by atoms with Crippen LogP contribution in [0.3, 0.4) is 0 Å². The smallest absolute Gasteiger partial charge is 0.317 e. The Morgan fingerprint density at radius 2 is 2.11 bits per heavy atom. The van der Waals surface area contributed by atoms with Gasteiger partial charge in [-0.1, -0.05) is 30.3 Å². The maximum Gasteiger partial charge on any atom is 0.317 e. The van der Waals surface area contributed by atoms with Gasteiger partial charge in [-0.2, -0.15) is 0 Å². The van der Waals surface area contributed by atoms with E-state index in [9.17, 15) is 9.90 Å². The predicted molar refractivity (Wildman–Crippen MR) is 66.6 cm³/mol. The van der Waals surface area contributed by atoms with Crippen molar-refractivity contribution in [1.29, 1.82) is 0 Å². The van der Waals surface area contributed by atoms with E-state index in [2.05, 4.69) is 0 Å². The van der Waals surface area contributed by atoms with E-state index in [4.69, 9.17) is 4.74 Å². The van der Waals surface area contributed by atoms with Crippen molar-refractivity contribution in [3.63, 3.8) is 0 Å². The van der Waals surface area contributed by atoms with Crippen molar-refractivity contribution >= 4 is 5.97 Å². The fraction of sp³-hybridized carbons (Fsp3) is 0.400. The Kier molecular flexibility index (Phi) is 2.71. The van der Waals surface area contributed by atoms with E-state index >= 15 is 0 Å². The molecular formula is C15H16O3. The molecule has 1 saturated heterocycles. The molecule has 3 heteroatoms. The van der Waals surface area contributed by atoms with Gasteiger partial charge in [-0.3, -0.25) is 4.79 Å². The van der Waals surface area contributed by atoms with Crippen LogP contribution < -0.4 is 0 Å². The summed E-state index contributed by atoms with van der Waals surface area (Å²) in [4.78, 5) is 11.9. The van der Waals surface area contributed by atoms with E-state index in [0.717, 1.165) is 18.4 Å². The average molecular weight is 244 g/mol. The molecule has 0 amide bonds. The van der Waals surface area contributed by atoms with E-state index in [1.165, 1.54) is 0 Å². The third-order valence-electron chi connectivity index (χ3n) is 3.87. The topological polar surface area (TPSA) is 46.5 Å². The van der Waals surface area contributed by atoms with Crippen LogP contribution in [0.5, 0.6) is 0 Å². The van der Waals surface area contributed by atoms with Crippen molar-refractivity contribution in [3.05, 3.63) is 47.7 Å². The molecule has 0 saturated carbocycles. The summed E-state index contributed by atoms with van der Waals surface area (Å²) < 4.78 is 5.23. The monoisotopic (exact) mass is 244 g/mol. The molecule has 3 nitrogen and oxygen atoms in total. The molecule has 2 unspecified atom stereocenters. The maximum atomic E-state index is 11.9. The molecule has 3 rings (SSSR count). The zero-order valence-electron chi connectivity index (χ0n) is 10.1. The minimum atomic E-state index is -1.08. The molecule has 0 aromatic heterocycles. The van der Waals surface area contributed by atoms with E-state index in [0.29, 0.717) is 18.6 Å². The summed E-state index contributed by atoms with van der Waals surface area (Å²) in [6, 6.07) is 9.77. The van der Waals surface area contributed by atoms with Gasteiger partial charge in [-0.15, -0.1) is 0 Å². The highest BCUT2D eigenvalue weighted by Crippen LogP contribution is 2.43. The van der Waals surface area contributed by atoms with Gasteiger partial charge in [0.1, 0.15) is 11.4 Å². The lowest BCUT2D eigenvalue weighted by Crippen LogP contribution is -2.39. The number of esters is 1. The van der Waals surface area contributed by atoms with Crippen LogP contribution in [-0.2, 0) is 16.0 Å². The van der Waals surface area contributed by atoms with Crippen LogP contribution in [0.1, 0.15) is 24.8 Å². The number of hydrogen-bond donors (Lipinski definition) is 1. The van der Waals surface area contributed by atoms with Gasteiger partial charge in [0, 0.05) is 0 Å². The quantitative estimate of drug-likeness (QED) is 0.811. The van der Waals surface area contributed by atoms with E-state index in [1.807, 2.05) is 36.4 Å². The number of benzene rings is 1. The number of aliphatic hydroxyl groups is 1. The lowest BCUT2D eigenvalue weighted by atomic mass is 9.77. The Labute approximate surface area is 106 Å². The van der Waals surface area contributed by atoms with Crippen LogP contribution in [0.15, 0.2) is 42.2 Å². The molecule has 2 atom stereocenters. The van der Waals surface area contributed by atoms with Gasteiger partial charge >= 0.3 is 5.97 Å². The minimum Gasteiger partial charge on any atom is -0.428 e. The number of fused-ring (bicyclic) bond motifs is 1. The predicted octanol–water partition coefficient (Wildman–Crippen LogP) is 2.20. The van der Waals surface area contributed by atoms with Crippen LogP contribution >= 0.6 is 0 Å². The second-order valence-corrected chi connectivity index (χ2v) is 5.05. The highest BCUT2D eigenvalue weighted by molar-refractivity contribution is 5.80. The summed E-state index contributed by atoms with van der Waals surface area (Å²) >= 11 is 0. The fourth-order valence-corrected chi connectivity index (χ4v) is 2.86. The Morgan fingerprint density at radius 1 is 1.33 bits per heavy atom. The summed E-state index contributed by atoms with van der Waals surface area (Å²) in [6.07, 6.45) is 4.78. The van der Waals surface area contributed by atoms with Crippen LogP contribution in [0.4, 0.5) is 0 Å². The molecule has 0 spiro atoms. The first-order chi connectivity index (χ1) is 8.70. The lowest BCUT2D eigenvalue weighted by Gasteiger charge is -2.29. The number of allylic oxidation sites excluding steroid dienone is 1. The summed E-state index contributed by atoms with van der Waals surface area (Å²) in [6.45, 7) is 0. The molecule has 1 heterocycles. The fourth-order valence-electron chi connectivity index (χ4n) is 2.86. The first-order valence-electron chi connectivity index (χ1n) is 6.39. The van der Waals surface area contributed by atoms with E-state index in [1.54, 1.807) is 0 Å². The summed E-state index contributed by atoms with van der Waals surface area (Å²) in [7, 11) is 0. The van der Waals surface area contributed by atoms with E-state index in [-0.39, 0.29) is 5.97 Å². The van der Waals surface area contributed by atoms with Crippen LogP contribution in [0.25, 0.3) is 0 Å². The second kappa shape index (κ2) is 4.25. The van der Waals surface area contributed by atoms with Crippen molar-refractivity contribution in [2.45, 2.75) is 31.3 Å². The van der Waals surface area contributed by atoms with Gasteiger partial charge in [0.25, 0.3) is 0 Å². The third-order valence-corrected chi connectivity index (χ3v) is 3.87. The van der Waals surface area contributed by atoms with Crippen molar-refractivity contribution in [3.8, 4) is 0 Å². The van der Waals surface area contributed by atoms with Gasteiger partial charge in [-0.25, -0.2) is 0 Å². The number of rotatable bonds is 2. The molecule has 1 aliphatic carbocycles.